The van der Waals surface area contributed by atoms with E-state index in [2.05, 4.69) is 21.0 Å². The normalized spacial score (nSPS) is 11.7. The highest BCUT2D eigenvalue weighted by Gasteiger charge is 2.13. The predicted octanol–water partition coefficient (Wildman–Crippen LogP) is 1.76. The Labute approximate surface area is 111 Å². The molecule has 2 rings (SSSR count). The molecule has 0 amide bonds. The minimum absolute atomic E-state index is 0.0465. The van der Waals surface area contributed by atoms with E-state index in [9.17, 15) is 12.8 Å². The molecule has 0 spiro atoms. The summed E-state index contributed by atoms with van der Waals surface area (Å²) in [6, 6.07) is 2.57. The van der Waals surface area contributed by atoms with Crippen molar-refractivity contribution in [2.45, 2.75) is 4.90 Å². The average Bonchev–Trinajstić information content (AvgIpc) is 2.72. The van der Waals surface area contributed by atoms with Gasteiger partial charge in [-0.25, -0.2) is 17.5 Å². The lowest BCUT2D eigenvalue weighted by molar-refractivity contribution is 0.602. The molecule has 1 heterocycles. The van der Waals surface area contributed by atoms with Gasteiger partial charge in [-0.05, 0) is 22.0 Å². The largest absolute Gasteiger partial charge is 0.397 e. The summed E-state index contributed by atoms with van der Waals surface area (Å²) in [4.78, 5) is 0.0465. The van der Waals surface area contributed by atoms with Crippen LogP contribution in [-0.2, 0) is 9.84 Å². The fourth-order valence-electron chi connectivity index (χ4n) is 1.38. The molecular formula is C10H9BrFN3O2S. The van der Waals surface area contributed by atoms with Crippen LogP contribution in [-0.4, -0.2) is 24.5 Å². The first-order chi connectivity index (χ1) is 8.29. The zero-order chi connectivity index (χ0) is 13.5. The van der Waals surface area contributed by atoms with Crippen LogP contribution in [0.4, 0.5) is 10.1 Å². The number of halogens is 2. The first-order valence-corrected chi connectivity index (χ1v) is 7.47. The van der Waals surface area contributed by atoms with Crippen molar-refractivity contribution in [3.8, 4) is 5.69 Å². The number of nitrogen functional groups attached to an aromatic ring is 1. The van der Waals surface area contributed by atoms with Crippen LogP contribution in [0.3, 0.4) is 0 Å². The van der Waals surface area contributed by atoms with Crippen molar-refractivity contribution in [3.63, 3.8) is 0 Å². The van der Waals surface area contributed by atoms with E-state index in [4.69, 9.17) is 5.73 Å². The number of anilines is 1. The fraction of sp³-hybridized carbons (Fsp3) is 0.100. The maximum Gasteiger partial charge on any atom is 0.178 e. The molecule has 2 aromatic rings. The van der Waals surface area contributed by atoms with Crippen LogP contribution in [0.5, 0.6) is 0 Å². The fourth-order valence-corrected chi connectivity index (χ4v) is 2.27. The Morgan fingerprint density at radius 1 is 1.44 bits per heavy atom. The number of hydrogen-bond donors (Lipinski definition) is 1. The number of rotatable bonds is 2. The van der Waals surface area contributed by atoms with Crippen molar-refractivity contribution < 1.29 is 12.8 Å². The maximum absolute atomic E-state index is 13.4. The average molecular weight is 334 g/mol. The molecular weight excluding hydrogens is 325 g/mol. The van der Waals surface area contributed by atoms with Gasteiger partial charge in [-0.1, -0.05) is 0 Å². The summed E-state index contributed by atoms with van der Waals surface area (Å²) in [5.41, 5.74) is 6.30. The minimum Gasteiger partial charge on any atom is -0.397 e. The van der Waals surface area contributed by atoms with Gasteiger partial charge in [-0.15, -0.1) is 0 Å². The molecule has 0 atom stereocenters. The van der Waals surface area contributed by atoms with Crippen LogP contribution in [0.2, 0.25) is 0 Å². The van der Waals surface area contributed by atoms with Crippen LogP contribution >= 0.6 is 15.9 Å². The van der Waals surface area contributed by atoms with Crippen molar-refractivity contribution in [1.29, 1.82) is 0 Å². The Balaban J connectivity index is 2.56. The predicted molar refractivity (Wildman–Crippen MR) is 68.7 cm³/mol. The molecule has 2 N–H and O–H groups in total. The minimum atomic E-state index is -3.35. The lowest BCUT2D eigenvalue weighted by Crippen LogP contribution is -2.01. The molecule has 0 fully saturated rings. The zero-order valence-electron chi connectivity index (χ0n) is 9.26. The number of benzene rings is 1. The highest BCUT2D eigenvalue weighted by Crippen LogP contribution is 2.25. The summed E-state index contributed by atoms with van der Waals surface area (Å²) in [5, 5.41) is 3.86. The first-order valence-electron chi connectivity index (χ1n) is 4.78. The second-order valence-corrected chi connectivity index (χ2v) is 6.59. The smallest absolute Gasteiger partial charge is 0.178 e. The molecule has 0 saturated heterocycles. The molecule has 0 aliphatic heterocycles. The summed E-state index contributed by atoms with van der Waals surface area (Å²) in [5.74, 6) is -0.504. The molecule has 8 heteroatoms. The Bertz CT molecular complexity index is 712. The van der Waals surface area contributed by atoms with Crippen molar-refractivity contribution in [2.75, 3.05) is 12.0 Å². The van der Waals surface area contributed by atoms with Crippen molar-refractivity contribution in [3.05, 3.63) is 34.8 Å². The molecule has 96 valence electrons. The van der Waals surface area contributed by atoms with Crippen LogP contribution in [0.1, 0.15) is 0 Å². The van der Waals surface area contributed by atoms with E-state index in [1.54, 1.807) is 0 Å². The number of sulfone groups is 1. The molecule has 5 nitrogen and oxygen atoms in total. The van der Waals surface area contributed by atoms with E-state index in [0.717, 1.165) is 6.26 Å². The Morgan fingerprint density at radius 3 is 2.67 bits per heavy atom. The summed E-state index contributed by atoms with van der Waals surface area (Å²) >= 11 is 3.01. The van der Waals surface area contributed by atoms with Gasteiger partial charge in [0.25, 0.3) is 0 Å². The highest BCUT2D eigenvalue weighted by molar-refractivity contribution is 9.10. The van der Waals surface area contributed by atoms with Gasteiger partial charge in [-0.3, -0.25) is 0 Å². The van der Waals surface area contributed by atoms with Crippen LogP contribution in [0.15, 0.2) is 33.9 Å². The van der Waals surface area contributed by atoms with Crippen molar-refractivity contribution >= 4 is 31.5 Å². The van der Waals surface area contributed by atoms with Gasteiger partial charge in [0.1, 0.15) is 10.7 Å². The second-order valence-electron chi connectivity index (χ2n) is 3.72. The third-order valence-corrected chi connectivity index (χ3v) is 3.98. The van der Waals surface area contributed by atoms with Gasteiger partial charge in [0.2, 0.25) is 0 Å². The van der Waals surface area contributed by atoms with Crippen LogP contribution in [0, 0.1) is 5.82 Å². The quantitative estimate of drug-likeness (QED) is 0.849. The Morgan fingerprint density at radius 2 is 2.11 bits per heavy atom. The van der Waals surface area contributed by atoms with E-state index in [1.165, 1.54) is 29.2 Å². The third-order valence-electron chi connectivity index (χ3n) is 2.30. The summed E-state index contributed by atoms with van der Waals surface area (Å²) < 4.78 is 37.5. The molecule has 0 aliphatic carbocycles. The highest BCUT2D eigenvalue weighted by atomic mass is 79.9. The van der Waals surface area contributed by atoms with E-state index in [0.29, 0.717) is 0 Å². The first kappa shape index (κ1) is 13.0. The zero-order valence-corrected chi connectivity index (χ0v) is 11.7. The molecule has 1 aromatic heterocycles. The molecule has 0 saturated carbocycles. The lowest BCUT2D eigenvalue weighted by Gasteiger charge is -2.06. The molecule has 0 aliphatic rings. The summed E-state index contributed by atoms with van der Waals surface area (Å²) in [6.45, 7) is 0. The number of nitrogens with two attached hydrogens (primary N) is 1. The molecule has 0 bridgehead atoms. The Hall–Kier alpha value is -1.41. The van der Waals surface area contributed by atoms with Gasteiger partial charge < -0.3 is 5.73 Å². The molecule has 1 aromatic carbocycles. The topological polar surface area (TPSA) is 78.0 Å². The molecule has 18 heavy (non-hydrogen) atoms. The lowest BCUT2D eigenvalue weighted by atomic mass is 10.2. The van der Waals surface area contributed by atoms with Crippen LogP contribution in [0.25, 0.3) is 5.69 Å². The summed E-state index contributed by atoms with van der Waals surface area (Å²) in [7, 11) is -3.35. The summed E-state index contributed by atoms with van der Waals surface area (Å²) in [6.07, 6.45) is 3.54. The van der Waals surface area contributed by atoms with Gasteiger partial charge >= 0.3 is 0 Å². The SMILES string of the molecule is CS(=O)(=O)c1cnn(-c2cc(F)c(Br)cc2N)c1. The van der Waals surface area contributed by atoms with E-state index in [1.807, 2.05) is 0 Å². The van der Waals surface area contributed by atoms with Crippen molar-refractivity contribution in [2.24, 2.45) is 0 Å². The van der Waals surface area contributed by atoms with E-state index in [-0.39, 0.29) is 20.7 Å². The van der Waals surface area contributed by atoms with Crippen LogP contribution < -0.4 is 5.73 Å². The molecule has 0 radical (unpaired) electrons. The van der Waals surface area contributed by atoms with Crippen molar-refractivity contribution in [1.82, 2.24) is 9.78 Å². The second kappa shape index (κ2) is 4.36. The monoisotopic (exact) mass is 333 g/mol. The Kier molecular flexibility index (Phi) is 3.16. The van der Waals surface area contributed by atoms with Gasteiger partial charge in [0, 0.05) is 18.5 Å². The maximum atomic E-state index is 13.4. The van der Waals surface area contributed by atoms with Gasteiger partial charge in [0.15, 0.2) is 9.84 Å². The standard InChI is InChI=1S/C10H9BrFN3O2S/c1-18(16,17)6-4-14-15(5-6)10-3-8(12)7(11)2-9(10)13/h2-5H,13H2,1H3. The number of nitrogens with zero attached hydrogens (tertiary/aromatic N) is 2. The number of aromatic nitrogens is 2. The van der Waals surface area contributed by atoms with Gasteiger partial charge in [-0.2, -0.15) is 5.10 Å². The van der Waals surface area contributed by atoms with E-state index < -0.39 is 15.7 Å². The van der Waals surface area contributed by atoms with E-state index >= 15 is 0 Å². The molecule has 0 unspecified atom stereocenters. The number of hydrogen-bond acceptors (Lipinski definition) is 4. The third kappa shape index (κ3) is 2.39. The van der Waals surface area contributed by atoms with Gasteiger partial charge in [0.05, 0.1) is 22.0 Å².